The van der Waals surface area contributed by atoms with Crippen molar-refractivity contribution in [1.29, 1.82) is 0 Å². The molecule has 0 saturated heterocycles. The predicted molar refractivity (Wildman–Crippen MR) is 61.8 cm³/mol. The van der Waals surface area contributed by atoms with Gasteiger partial charge in [0.05, 0.1) is 0 Å². The van der Waals surface area contributed by atoms with Gasteiger partial charge in [0.25, 0.3) is 0 Å². The van der Waals surface area contributed by atoms with E-state index >= 15 is 0 Å². The predicted octanol–water partition coefficient (Wildman–Crippen LogP) is 1.96. The van der Waals surface area contributed by atoms with Crippen molar-refractivity contribution in [3.8, 4) is 11.5 Å². The molecule has 3 nitrogen and oxygen atoms in total. The zero-order chi connectivity index (χ0) is 11.0. The Morgan fingerprint density at radius 3 is 2.88 bits per heavy atom. The van der Waals surface area contributed by atoms with Crippen LogP contribution in [0.15, 0.2) is 18.2 Å². The quantitative estimate of drug-likeness (QED) is 0.839. The van der Waals surface area contributed by atoms with Crippen molar-refractivity contribution in [3.63, 3.8) is 0 Å². The highest BCUT2D eigenvalue weighted by Crippen LogP contribution is 2.36. The molecule has 16 heavy (non-hydrogen) atoms. The fraction of sp³-hybridized carbons (Fsp3) is 0.538. The molecule has 1 N–H and O–H groups in total. The molecule has 1 aromatic carbocycles. The van der Waals surface area contributed by atoms with E-state index in [0.717, 1.165) is 23.8 Å². The van der Waals surface area contributed by atoms with Gasteiger partial charge in [0.2, 0.25) is 6.79 Å². The second kappa shape index (κ2) is 3.98. The van der Waals surface area contributed by atoms with E-state index in [4.69, 9.17) is 9.47 Å². The number of hydrogen-bond donors (Lipinski definition) is 1. The lowest BCUT2D eigenvalue weighted by Crippen LogP contribution is -2.29. The maximum Gasteiger partial charge on any atom is 0.231 e. The summed E-state index contributed by atoms with van der Waals surface area (Å²) < 4.78 is 10.7. The SMILES string of the molecule is CN[C@@H](Cc1ccc2c(c1)OCO2)C1CC1. The topological polar surface area (TPSA) is 30.5 Å². The van der Waals surface area contributed by atoms with Gasteiger partial charge in [0, 0.05) is 6.04 Å². The van der Waals surface area contributed by atoms with Crippen LogP contribution in [0.25, 0.3) is 0 Å². The molecule has 0 bridgehead atoms. The Kier molecular flexibility index (Phi) is 2.48. The van der Waals surface area contributed by atoms with Crippen LogP contribution in [-0.2, 0) is 6.42 Å². The van der Waals surface area contributed by atoms with Gasteiger partial charge < -0.3 is 14.8 Å². The monoisotopic (exact) mass is 219 g/mol. The van der Waals surface area contributed by atoms with Crippen LogP contribution in [0.4, 0.5) is 0 Å². The molecule has 1 heterocycles. The lowest BCUT2D eigenvalue weighted by atomic mass is 10.0. The van der Waals surface area contributed by atoms with Crippen molar-refractivity contribution < 1.29 is 9.47 Å². The van der Waals surface area contributed by atoms with Crippen LogP contribution in [0.3, 0.4) is 0 Å². The Labute approximate surface area is 95.8 Å². The summed E-state index contributed by atoms with van der Waals surface area (Å²) in [6, 6.07) is 6.87. The summed E-state index contributed by atoms with van der Waals surface area (Å²) in [5.74, 6) is 2.63. The van der Waals surface area contributed by atoms with Crippen LogP contribution in [0.1, 0.15) is 18.4 Å². The first-order chi connectivity index (χ1) is 7.86. The standard InChI is InChI=1S/C13H17NO2/c1-14-11(10-3-4-10)6-9-2-5-12-13(7-9)16-8-15-12/h2,5,7,10-11,14H,3-4,6,8H2,1H3/t11-/m0/s1. The molecule has 1 fully saturated rings. The fourth-order valence-electron chi connectivity index (χ4n) is 2.32. The molecule has 3 heteroatoms. The average molecular weight is 219 g/mol. The van der Waals surface area contributed by atoms with Crippen molar-refractivity contribution in [2.45, 2.75) is 25.3 Å². The highest BCUT2D eigenvalue weighted by atomic mass is 16.7. The summed E-state index contributed by atoms with van der Waals surface area (Å²) in [5.41, 5.74) is 1.33. The first kappa shape index (κ1) is 9.97. The third kappa shape index (κ3) is 1.87. The summed E-state index contributed by atoms with van der Waals surface area (Å²) >= 11 is 0. The van der Waals surface area contributed by atoms with Gasteiger partial charge in [-0.15, -0.1) is 0 Å². The third-order valence-electron chi connectivity index (χ3n) is 3.45. The van der Waals surface area contributed by atoms with Gasteiger partial charge in [-0.2, -0.15) is 0 Å². The Morgan fingerprint density at radius 1 is 1.31 bits per heavy atom. The molecule has 86 valence electrons. The Morgan fingerprint density at radius 2 is 2.12 bits per heavy atom. The van der Waals surface area contributed by atoms with Crippen LogP contribution in [0.2, 0.25) is 0 Å². The highest BCUT2D eigenvalue weighted by Gasteiger charge is 2.30. The van der Waals surface area contributed by atoms with Gasteiger partial charge in [-0.25, -0.2) is 0 Å². The zero-order valence-corrected chi connectivity index (χ0v) is 9.53. The molecule has 0 radical (unpaired) electrons. The van der Waals surface area contributed by atoms with E-state index in [-0.39, 0.29) is 0 Å². The van der Waals surface area contributed by atoms with Crippen LogP contribution in [0.5, 0.6) is 11.5 Å². The molecule has 1 aliphatic heterocycles. The lowest BCUT2D eigenvalue weighted by Gasteiger charge is -2.15. The van der Waals surface area contributed by atoms with E-state index in [1.807, 2.05) is 6.07 Å². The van der Waals surface area contributed by atoms with Crippen LogP contribution < -0.4 is 14.8 Å². The number of likely N-dealkylation sites (N-methyl/N-ethyl adjacent to an activating group) is 1. The Balaban J connectivity index is 1.74. The number of nitrogens with one attached hydrogen (secondary N) is 1. The maximum absolute atomic E-state index is 5.39. The smallest absolute Gasteiger partial charge is 0.231 e. The molecular weight excluding hydrogens is 202 g/mol. The molecular formula is C13H17NO2. The van der Waals surface area contributed by atoms with E-state index in [1.54, 1.807) is 0 Å². The number of ether oxygens (including phenoxy) is 2. The average Bonchev–Trinajstić information content (AvgIpc) is 3.04. The van der Waals surface area contributed by atoms with E-state index in [1.165, 1.54) is 18.4 Å². The van der Waals surface area contributed by atoms with Gasteiger partial charge >= 0.3 is 0 Å². The molecule has 0 amide bonds. The molecule has 0 unspecified atom stereocenters. The second-order valence-corrected chi connectivity index (χ2v) is 4.62. The lowest BCUT2D eigenvalue weighted by molar-refractivity contribution is 0.174. The van der Waals surface area contributed by atoms with Gasteiger partial charge in [-0.05, 0) is 49.9 Å². The number of benzene rings is 1. The summed E-state index contributed by atoms with van der Waals surface area (Å²) in [4.78, 5) is 0. The minimum Gasteiger partial charge on any atom is -0.454 e. The van der Waals surface area contributed by atoms with Gasteiger partial charge in [-0.1, -0.05) is 6.07 Å². The van der Waals surface area contributed by atoms with Crippen molar-refractivity contribution in [1.82, 2.24) is 5.32 Å². The molecule has 1 aliphatic carbocycles. The van der Waals surface area contributed by atoms with Crippen LogP contribution in [-0.4, -0.2) is 19.9 Å². The second-order valence-electron chi connectivity index (χ2n) is 4.62. The van der Waals surface area contributed by atoms with Crippen LogP contribution >= 0.6 is 0 Å². The highest BCUT2D eigenvalue weighted by molar-refractivity contribution is 5.44. The first-order valence-electron chi connectivity index (χ1n) is 5.92. The van der Waals surface area contributed by atoms with E-state index in [0.29, 0.717) is 12.8 Å². The number of fused-ring (bicyclic) bond motifs is 1. The van der Waals surface area contributed by atoms with Crippen molar-refractivity contribution in [2.24, 2.45) is 5.92 Å². The Bertz CT molecular complexity index is 388. The van der Waals surface area contributed by atoms with Crippen molar-refractivity contribution in [2.75, 3.05) is 13.8 Å². The van der Waals surface area contributed by atoms with E-state index in [2.05, 4.69) is 24.5 Å². The normalized spacial score (nSPS) is 19.8. The molecule has 3 rings (SSSR count). The van der Waals surface area contributed by atoms with Crippen molar-refractivity contribution >= 4 is 0 Å². The van der Waals surface area contributed by atoms with Gasteiger partial charge in [-0.3, -0.25) is 0 Å². The van der Waals surface area contributed by atoms with E-state index in [9.17, 15) is 0 Å². The zero-order valence-electron chi connectivity index (χ0n) is 9.53. The van der Waals surface area contributed by atoms with Gasteiger partial charge in [0.1, 0.15) is 0 Å². The maximum atomic E-state index is 5.39. The summed E-state index contributed by atoms with van der Waals surface area (Å²) in [6.45, 7) is 0.358. The third-order valence-corrected chi connectivity index (χ3v) is 3.45. The molecule has 2 aliphatic rings. The summed E-state index contributed by atoms with van der Waals surface area (Å²) in [6.07, 6.45) is 3.82. The minimum absolute atomic E-state index is 0.358. The Hall–Kier alpha value is -1.22. The number of hydrogen-bond acceptors (Lipinski definition) is 3. The summed E-state index contributed by atoms with van der Waals surface area (Å²) in [5, 5.41) is 3.41. The first-order valence-corrected chi connectivity index (χ1v) is 5.92. The molecule has 1 aromatic rings. The minimum atomic E-state index is 0.358. The van der Waals surface area contributed by atoms with E-state index < -0.39 is 0 Å². The molecule has 1 saturated carbocycles. The number of rotatable bonds is 4. The fourth-order valence-corrected chi connectivity index (χ4v) is 2.32. The molecule has 1 atom stereocenters. The van der Waals surface area contributed by atoms with Gasteiger partial charge in [0.15, 0.2) is 11.5 Å². The molecule has 0 spiro atoms. The van der Waals surface area contributed by atoms with Crippen LogP contribution in [0, 0.1) is 5.92 Å². The molecule has 0 aromatic heterocycles. The largest absolute Gasteiger partial charge is 0.454 e. The van der Waals surface area contributed by atoms with Crippen molar-refractivity contribution in [3.05, 3.63) is 23.8 Å². The summed E-state index contributed by atoms with van der Waals surface area (Å²) in [7, 11) is 2.05.